The van der Waals surface area contributed by atoms with Crippen molar-refractivity contribution in [1.29, 1.82) is 0 Å². The van der Waals surface area contributed by atoms with E-state index in [0.29, 0.717) is 0 Å². The van der Waals surface area contributed by atoms with Gasteiger partial charge in [-0.3, -0.25) is 4.99 Å². The molecule has 1 heteroatoms. The Hall–Kier alpha value is -0.590. The van der Waals surface area contributed by atoms with Crippen LogP contribution in [0.1, 0.15) is 19.8 Å². The first-order valence-electron chi connectivity index (χ1n) is 3.92. The first-order chi connectivity index (χ1) is 4.83. The second kappa shape index (κ2) is 3.00. The van der Waals surface area contributed by atoms with Gasteiger partial charge in [-0.05, 0) is 18.4 Å². The summed E-state index contributed by atoms with van der Waals surface area (Å²) in [5, 5.41) is 0. The first kappa shape index (κ1) is 7.52. The molecule has 0 bridgehead atoms. The molecule has 0 aromatic carbocycles. The number of hydrogen-bond acceptors (Lipinski definition) is 1. The van der Waals surface area contributed by atoms with E-state index in [1.54, 1.807) is 0 Å². The Labute approximate surface area is 62.9 Å². The van der Waals surface area contributed by atoms with E-state index in [1.807, 2.05) is 13.1 Å². The molecule has 0 saturated heterocycles. The highest BCUT2D eigenvalue weighted by Crippen LogP contribution is 2.42. The van der Waals surface area contributed by atoms with Crippen LogP contribution < -0.4 is 0 Å². The van der Waals surface area contributed by atoms with Gasteiger partial charge in [0.25, 0.3) is 0 Å². The van der Waals surface area contributed by atoms with Gasteiger partial charge in [-0.25, -0.2) is 0 Å². The second-order valence-electron chi connectivity index (χ2n) is 2.86. The van der Waals surface area contributed by atoms with Crippen molar-refractivity contribution in [2.24, 2.45) is 16.8 Å². The average Bonchev–Trinajstić information content (AvgIpc) is 2.70. The van der Waals surface area contributed by atoms with Crippen LogP contribution in [-0.2, 0) is 0 Å². The molecule has 2 atom stereocenters. The summed E-state index contributed by atoms with van der Waals surface area (Å²) in [6.45, 7) is 5.97. The van der Waals surface area contributed by atoms with Gasteiger partial charge in [0.1, 0.15) is 0 Å². The van der Waals surface area contributed by atoms with Crippen molar-refractivity contribution < 1.29 is 0 Å². The smallest absolute Gasteiger partial charge is 0.0372 e. The third-order valence-electron chi connectivity index (χ3n) is 2.29. The van der Waals surface area contributed by atoms with Crippen LogP contribution in [0.2, 0.25) is 0 Å². The summed E-state index contributed by atoms with van der Waals surface area (Å²) in [6.07, 6.45) is 4.51. The van der Waals surface area contributed by atoms with Crippen molar-refractivity contribution in [3.63, 3.8) is 0 Å². The van der Waals surface area contributed by atoms with E-state index < -0.39 is 0 Å². The van der Waals surface area contributed by atoms with Crippen LogP contribution in [0.15, 0.2) is 17.6 Å². The molecule has 1 aliphatic carbocycles. The SMILES string of the molecule is C=C/C(=N\C)C1CC1CC. The van der Waals surface area contributed by atoms with Crippen molar-refractivity contribution >= 4 is 5.71 Å². The van der Waals surface area contributed by atoms with Crippen LogP contribution in [0.5, 0.6) is 0 Å². The van der Waals surface area contributed by atoms with E-state index in [1.165, 1.54) is 18.6 Å². The van der Waals surface area contributed by atoms with Crippen molar-refractivity contribution in [1.82, 2.24) is 0 Å². The lowest BCUT2D eigenvalue weighted by molar-refractivity contribution is 0.769. The maximum Gasteiger partial charge on any atom is 0.0372 e. The Kier molecular flexibility index (Phi) is 2.25. The summed E-state index contributed by atoms with van der Waals surface area (Å²) in [5.74, 6) is 1.64. The number of rotatable bonds is 3. The molecule has 56 valence electrons. The summed E-state index contributed by atoms with van der Waals surface area (Å²) >= 11 is 0. The number of aliphatic imine (C=N–C) groups is 1. The molecule has 0 radical (unpaired) electrons. The Bertz CT molecular complexity index is 158. The minimum absolute atomic E-state index is 0.743. The molecule has 1 rings (SSSR count). The Morgan fingerprint density at radius 3 is 2.80 bits per heavy atom. The topological polar surface area (TPSA) is 12.4 Å². The van der Waals surface area contributed by atoms with Gasteiger partial charge < -0.3 is 0 Å². The van der Waals surface area contributed by atoms with Gasteiger partial charge in [-0.15, -0.1) is 0 Å². The van der Waals surface area contributed by atoms with Gasteiger partial charge in [0, 0.05) is 18.7 Å². The van der Waals surface area contributed by atoms with Gasteiger partial charge >= 0.3 is 0 Å². The summed E-state index contributed by atoms with van der Waals surface area (Å²) in [6, 6.07) is 0. The molecule has 0 aromatic rings. The summed E-state index contributed by atoms with van der Waals surface area (Å²) in [5.41, 5.74) is 1.20. The molecular formula is C9H15N. The zero-order chi connectivity index (χ0) is 7.56. The average molecular weight is 137 g/mol. The molecule has 1 saturated carbocycles. The fourth-order valence-electron chi connectivity index (χ4n) is 1.47. The third kappa shape index (κ3) is 1.28. The zero-order valence-corrected chi connectivity index (χ0v) is 6.80. The molecule has 0 amide bonds. The second-order valence-corrected chi connectivity index (χ2v) is 2.86. The van der Waals surface area contributed by atoms with Gasteiger partial charge in [0.15, 0.2) is 0 Å². The summed E-state index contributed by atoms with van der Waals surface area (Å²) in [7, 11) is 1.85. The van der Waals surface area contributed by atoms with Crippen LogP contribution >= 0.6 is 0 Å². The summed E-state index contributed by atoms with van der Waals surface area (Å²) in [4.78, 5) is 4.17. The van der Waals surface area contributed by atoms with E-state index in [4.69, 9.17) is 0 Å². The van der Waals surface area contributed by atoms with Crippen LogP contribution in [0.4, 0.5) is 0 Å². The maximum absolute atomic E-state index is 4.17. The van der Waals surface area contributed by atoms with E-state index in [2.05, 4.69) is 18.5 Å². The van der Waals surface area contributed by atoms with Crippen LogP contribution in [0, 0.1) is 11.8 Å². The molecule has 1 nitrogen and oxygen atoms in total. The van der Waals surface area contributed by atoms with E-state index in [9.17, 15) is 0 Å². The molecule has 0 N–H and O–H groups in total. The zero-order valence-electron chi connectivity index (χ0n) is 6.80. The normalized spacial score (nSPS) is 32.0. The standard InChI is InChI=1S/C9H15N/c1-4-7-6-8(7)9(5-2)10-3/h5,7-8H,2,4,6H2,1,3H3/b10-9+. The van der Waals surface area contributed by atoms with Gasteiger partial charge in [-0.1, -0.05) is 19.9 Å². The van der Waals surface area contributed by atoms with Crippen LogP contribution in [0.3, 0.4) is 0 Å². The Balaban J connectivity index is 2.45. The van der Waals surface area contributed by atoms with Gasteiger partial charge in [0.2, 0.25) is 0 Å². The molecule has 0 aromatic heterocycles. The third-order valence-corrected chi connectivity index (χ3v) is 2.29. The highest BCUT2D eigenvalue weighted by Gasteiger charge is 2.37. The van der Waals surface area contributed by atoms with Crippen molar-refractivity contribution in [2.45, 2.75) is 19.8 Å². The largest absolute Gasteiger partial charge is 0.293 e. The molecule has 10 heavy (non-hydrogen) atoms. The number of allylic oxidation sites excluding steroid dienone is 1. The predicted octanol–water partition coefficient (Wildman–Crippen LogP) is 2.29. The Morgan fingerprint density at radius 1 is 1.80 bits per heavy atom. The lowest BCUT2D eigenvalue weighted by atomic mass is 10.2. The van der Waals surface area contributed by atoms with Crippen molar-refractivity contribution in [3.05, 3.63) is 12.7 Å². The molecule has 0 heterocycles. The van der Waals surface area contributed by atoms with E-state index in [0.717, 1.165) is 11.8 Å². The van der Waals surface area contributed by atoms with Crippen molar-refractivity contribution in [2.75, 3.05) is 7.05 Å². The van der Waals surface area contributed by atoms with Gasteiger partial charge in [-0.2, -0.15) is 0 Å². The van der Waals surface area contributed by atoms with Gasteiger partial charge in [0.05, 0.1) is 0 Å². The highest BCUT2D eigenvalue weighted by molar-refractivity contribution is 5.98. The molecule has 2 unspecified atom stereocenters. The first-order valence-corrected chi connectivity index (χ1v) is 3.92. The number of hydrogen-bond donors (Lipinski definition) is 0. The molecule has 0 aliphatic heterocycles. The minimum atomic E-state index is 0.743. The lowest BCUT2D eigenvalue weighted by Crippen LogP contribution is -1.97. The molecule has 1 fully saturated rings. The minimum Gasteiger partial charge on any atom is -0.293 e. The monoisotopic (exact) mass is 137 g/mol. The van der Waals surface area contributed by atoms with Crippen LogP contribution in [-0.4, -0.2) is 12.8 Å². The maximum atomic E-state index is 4.17. The van der Waals surface area contributed by atoms with E-state index in [-0.39, 0.29) is 0 Å². The molecule has 0 spiro atoms. The summed E-state index contributed by atoms with van der Waals surface area (Å²) < 4.78 is 0. The number of nitrogens with zero attached hydrogens (tertiary/aromatic N) is 1. The molecule has 1 aliphatic rings. The molecular weight excluding hydrogens is 122 g/mol. The lowest BCUT2D eigenvalue weighted by Gasteiger charge is -1.94. The van der Waals surface area contributed by atoms with Crippen LogP contribution in [0.25, 0.3) is 0 Å². The van der Waals surface area contributed by atoms with E-state index >= 15 is 0 Å². The highest BCUT2D eigenvalue weighted by atomic mass is 14.7. The fraction of sp³-hybridized carbons (Fsp3) is 0.667. The Morgan fingerprint density at radius 2 is 2.50 bits per heavy atom. The fourth-order valence-corrected chi connectivity index (χ4v) is 1.47. The quantitative estimate of drug-likeness (QED) is 0.529. The predicted molar refractivity (Wildman–Crippen MR) is 45.4 cm³/mol. The van der Waals surface area contributed by atoms with Crippen molar-refractivity contribution in [3.8, 4) is 0 Å².